The lowest BCUT2D eigenvalue weighted by molar-refractivity contribution is 0.257. The number of pyridine rings is 1. The Morgan fingerprint density at radius 1 is 1.48 bits per heavy atom. The summed E-state index contributed by atoms with van der Waals surface area (Å²) in [6.07, 6.45) is 6.23. The molecule has 0 unspecified atom stereocenters. The van der Waals surface area contributed by atoms with Crippen molar-refractivity contribution in [1.82, 2.24) is 4.98 Å². The number of rotatable bonds is 2. The van der Waals surface area contributed by atoms with Gasteiger partial charge in [-0.05, 0) is 58.4 Å². The second-order valence-corrected chi connectivity index (χ2v) is 6.39. The minimum Gasteiger partial charge on any atom is -0.306 e. The van der Waals surface area contributed by atoms with Crippen LogP contribution in [0.1, 0.15) is 5.56 Å². The number of urea groups is 1. The molecule has 1 N–H and O–H groups in total. The summed E-state index contributed by atoms with van der Waals surface area (Å²) >= 11 is 5.24. The van der Waals surface area contributed by atoms with Crippen molar-refractivity contribution in [3.63, 3.8) is 0 Å². The number of amides is 2. The molecule has 3 rings (SSSR count). The maximum absolute atomic E-state index is 12.4. The maximum Gasteiger partial charge on any atom is 0.326 e. The van der Waals surface area contributed by atoms with Crippen molar-refractivity contribution in [1.29, 1.82) is 0 Å². The zero-order valence-electron chi connectivity index (χ0n) is 11.5. The van der Waals surface area contributed by atoms with E-state index in [0.717, 1.165) is 21.5 Å². The number of anilines is 2. The average Bonchev–Trinajstić information content (AvgIpc) is 2.90. The highest BCUT2D eigenvalue weighted by Crippen LogP contribution is 2.37. The molecule has 0 saturated carbocycles. The molecule has 0 fully saturated rings. The summed E-state index contributed by atoms with van der Waals surface area (Å²) in [6, 6.07) is 7.70. The Balaban J connectivity index is 1.85. The third-order valence-electron chi connectivity index (χ3n) is 3.41. The number of hydrogen-bond donors (Lipinski definition) is 1. The largest absolute Gasteiger partial charge is 0.326 e. The third kappa shape index (κ3) is 2.91. The van der Waals surface area contributed by atoms with Crippen LogP contribution < -0.4 is 10.2 Å². The summed E-state index contributed by atoms with van der Waals surface area (Å²) in [5, 5.41) is 2.88. The standard InChI is InChI=1S/C15H14BrN3OS/c1-21-14-8-13-10(7-12(14)16)4-6-19(13)15(20)18-11-3-2-5-17-9-11/h2-3,5,7-9H,4,6H2,1H3,(H,18,20). The lowest BCUT2D eigenvalue weighted by Crippen LogP contribution is -2.33. The van der Waals surface area contributed by atoms with Crippen molar-refractivity contribution in [2.75, 3.05) is 23.0 Å². The van der Waals surface area contributed by atoms with Gasteiger partial charge in [0.15, 0.2) is 0 Å². The van der Waals surface area contributed by atoms with Crippen LogP contribution >= 0.6 is 27.7 Å². The van der Waals surface area contributed by atoms with Gasteiger partial charge in [-0.25, -0.2) is 4.79 Å². The van der Waals surface area contributed by atoms with Crippen LogP contribution in [0.3, 0.4) is 0 Å². The Kier molecular flexibility index (Phi) is 4.17. The van der Waals surface area contributed by atoms with Gasteiger partial charge in [0.2, 0.25) is 0 Å². The van der Waals surface area contributed by atoms with Crippen molar-refractivity contribution in [2.45, 2.75) is 11.3 Å². The van der Waals surface area contributed by atoms with Crippen LogP contribution in [0.25, 0.3) is 0 Å². The minimum atomic E-state index is -0.115. The van der Waals surface area contributed by atoms with Gasteiger partial charge in [0.25, 0.3) is 0 Å². The molecule has 2 aromatic rings. The Bertz CT molecular complexity index is 678. The number of carbonyl (C=O) groups is 1. The maximum atomic E-state index is 12.4. The summed E-state index contributed by atoms with van der Waals surface area (Å²) in [5.41, 5.74) is 2.89. The smallest absolute Gasteiger partial charge is 0.306 e. The molecule has 0 spiro atoms. The molecular weight excluding hydrogens is 350 g/mol. The molecule has 6 heteroatoms. The zero-order chi connectivity index (χ0) is 14.8. The van der Waals surface area contributed by atoms with Crippen LogP contribution in [0.15, 0.2) is 46.0 Å². The molecule has 0 aliphatic carbocycles. The number of nitrogens with one attached hydrogen (secondary N) is 1. The van der Waals surface area contributed by atoms with Gasteiger partial charge >= 0.3 is 6.03 Å². The van der Waals surface area contributed by atoms with Crippen LogP contribution in [0.4, 0.5) is 16.2 Å². The fourth-order valence-electron chi connectivity index (χ4n) is 2.38. The normalized spacial score (nSPS) is 13.1. The van der Waals surface area contributed by atoms with Gasteiger partial charge in [-0.1, -0.05) is 0 Å². The highest BCUT2D eigenvalue weighted by atomic mass is 79.9. The van der Waals surface area contributed by atoms with Crippen molar-refractivity contribution < 1.29 is 4.79 Å². The number of fused-ring (bicyclic) bond motifs is 1. The first-order valence-electron chi connectivity index (χ1n) is 6.54. The Morgan fingerprint density at radius 2 is 2.33 bits per heavy atom. The summed E-state index contributed by atoms with van der Waals surface area (Å²) in [5.74, 6) is 0. The monoisotopic (exact) mass is 363 g/mol. The second kappa shape index (κ2) is 6.07. The van der Waals surface area contributed by atoms with Gasteiger partial charge in [0.1, 0.15) is 0 Å². The Hall–Kier alpha value is -1.53. The summed E-state index contributed by atoms with van der Waals surface area (Å²) in [6.45, 7) is 0.700. The highest BCUT2D eigenvalue weighted by molar-refractivity contribution is 9.10. The molecule has 2 amide bonds. The first-order chi connectivity index (χ1) is 10.2. The summed E-state index contributed by atoms with van der Waals surface area (Å²) < 4.78 is 1.09. The van der Waals surface area contributed by atoms with E-state index in [4.69, 9.17) is 0 Å². The van der Waals surface area contributed by atoms with Crippen molar-refractivity contribution in [2.24, 2.45) is 0 Å². The van der Waals surface area contributed by atoms with E-state index in [2.05, 4.69) is 38.4 Å². The number of nitrogens with zero attached hydrogens (tertiary/aromatic N) is 2. The number of halogens is 1. The van der Waals surface area contributed by atoms with Crippen LogP contribution in [0.5, 0.6) is 0 Å². The van der Waals surface area contributed by atoms with E-state index in [1.54, 1.807) is 35.1 Å². The van der Waals surface area contributed by atoms with E-state index in [1.165, 1.54) is 5.56 Å². The first-order valence-corrected chi connectivity index (χ1v) is 8.56. The Labute approximate surface area is 136 Å². The zero-order valence-corrected chi connectivity index (χ0v) is 13.9. The summed E-state index contributed by atoms with van der Waals surface area (Å²) in [4.78, 5) is 19.4. The van der Waals surface area contributed by atoms with Crippen LogP contribution in [0.2, 0.25) is 0 Å². The Morgan fingerprint density at radius 3 is 3.05 bits per heavy atom. The predicted octanol–water partition coefficient (Wildman–Crippen LogP) is 4.16. The van der Waals surface area contributed by atoms with Crippen LogP contribution in [-0.4, -0.2) is 23.8 Å². The number of thioether (sulfide) groups is 1. The van der Waals surface area contributed by atoms with Gasteiger partial charge in [-0.3, -0.25) is 9.88 Å². The molecule has 21 heavy (non-hydrogen) atoms. The molecule has 1 aromatic carbocycles. The quantitative estimate of drug-likeness (QED) is 0.814. The molecule has 1 aromatic heterocycles. The minimum absolute atomic E-state index is 0.115. The number of hydrogen-bond acceptors (Lipinski definition) is 3. The van der Waals surface area contributed by atoms with Gasteiger partial charge in [0.05, 0.1) is 11.9 Å². The molecule has 0 atom stereocenters. The van der Waals surface area contributed by atoms with Gasteiger partial charge in [0, 0.05) is 27.8 Å². The van der Waals surface area contributed by atoms with E-state index >= 15 is 0 Å². The molecule has 2 heterocycles. The van der Waals surface area contributed by atoms with E-state index in [9.17, 15) is 4.79 Å². The molecule has 108 valence electrons. The molecular formula is C15H14BrN3OS. The summed E-state index contributed by atoms with van der Waals surface area (Å²) in [7, 11) is 0. The topological polar surface area (TPSA) is 45.2 Å². The van der Waals surface area contributed by atoms with Crippen molar-refractivity contribution in [3.05, 3.63) is 46.7 Å². The van der Waals surface area contributed by atoms with E-state index in [-0.39, 0.29) is 6.03 Å². The van der Waals surface area contributed by atoms with Gasteiger partial charge in [-0.15, -0.1) is 11.8 Å². The molecule has 1 aliphatic rings. The lowest BCUT2D eigenvalue weighted by Gasteiger charge is -2.19. The predicted molar refractivity (Wildman–Crippen MR) is 90.2 cm³/mol. The number of carbonyl (C=O) groups excluding carboxylic acids is 1. The molecule has 0 radical (unpaired) electrons. The lowest BCUT2D eigenvalue weighted by atomic mass is 10.2. The van der Waals surface area contributed by atoms with Crippen molar-refractivity contribution >= 4 is 45.1 Å². The number of benzene rings is 1. The molecule has 1 aliphatic heterocycles. The molecule has 0 saturated heterocycles. The van der Waals surface area contributed by atoms with E-state index in [0.29, 0.717) is 12.2 Å². The average molecular weight is 364 g/mol. The van der Waals surface area contributed by atoms with Crippen LogP contribution in [0, 0.1) is 0 Å². The fourth-order valence-corrected chi connectivity index (χ4v) is 3.74. The van der Waals surface area contributed by atoms with Gasteiger partial charge < -0.3 is 5.32 Å². The third-order valence-corrected chi connectivity index (χ3v) is 5.10. The highest BCUT2D eigenvalue weighted by Gasteiger charge is 2.26. The SMILES string of the molecule is CSc1cc2c(cc1Br)CCN2C(=O)Nc1cccnc1. The van der Waals surface area contributed by atoms with Crippen LogP contribution in [-0.2, 0) is 6.42 Å². The molecule has 4 nitrogen and oxygen atoms in total. The first kappa shape index (κ1) is 14.4. The number of aromatic nitrogens is 1. The van der Waals surface area contributed by atoms with E-state index < -0.39 is 0 Å². The van der Waals surface area contributed by atoms with Gasteiger partial charge in [-0.2, -0.15) is 0 Å². The van der Waals surface area contributed by atoms with Crippen molar-refractivity contribution in [3.8, 4) is 0 Å². The molecule has 0 bridgehead atoms. The van der Waals surface area contributed by atoms with E-state index in [1.807, 2.05) is 12.3 Å². The fraction of sp³-hybridized carbons (Fsp3) is 0.200. The second-order valence-electron chi connectivity index (χ2n) is 4.69.